The van der Waals surface area contributed by atoms with Crippen molar-refractivity contribution < 1.29 is 23.9 Å². The molecule has 0 aliphatic heterocycles. The van der Waals surface area contributed by atoms with Crippen molar-refractivity contribution >= 4 is 35.3 Å². The number of nitrogens with one attached hydrogen (secondary N) is 3. The Labute approximate surface area is 203 Å². The molecule has 0 aliphatic carbocycles. The summed E-state index contributed by atoms with van der Waals surface area (Å²) in [6.45, 7) is 1.89. The van der Waals surface area contributed by atoms with Crippen molar-refractivity contribution in [2.24, 2.45) is 5.10 Å². The minimum absolute atomic E-state index is 0.135. The predicted octanol–water partition coefficient (Wildman–Crippen LogP) is 3.36. The van der Waals surface area contributed by atoms with Crippen LogP contribution in [0.2, 0.25) is 0 Å². The first kappa shape index (κ1) is 25.0. The molecule has 0 bridgehead atoms. The Morgan fingerprint density at radius 1 is 0.886 bits per heavy atom. The first-order valence-corrected chi connectivity index (χ1v) is 10.9. The van der Waals surface area contributed by atoms with E-state index in [1.165, 1.54) is 13.3 Å². The van der Waals surface area contributed by atoms with Crippen LogP contribution in [0.15, 0.2) is 77.9 Å². The second-order valence-corrected chi connectivity index (χ2v) is 7.30. The summed E-state index contributed by atoms with van der Waals surface area (Å²) >= 11 is 0. The Balaban J connectivity index is 1.44. The second-order valence-electron chi connectivity index (χ2n) is 7.30. The Kier molecular flexibility index (Phi) is 8.95. The lowest BCUT2D eigenvalue weighted by atomic mass is 10.1. The van der Waals surface area contributed by atoms with E-state index in [9.17, 15) is 14.4 Å². The summed E-state index contributed by atoms with van der Waals surface area (Å²) in [7, 11) is 1.51. The van der Waals surface area contributed by atoms with Crippen molar-refractivity contribution in [3.8, 4) is 11.5 Å². The maximum Gasteiger partial charge on any atom is 0.329 e. The molecule has 35 heavy (non-hydrogen) atoms. The molecule has 3 amide bonds. The van der Waals surface area contributed by atoms with Gasteiger partial charge in [-0.05, 0) is 60.0 Å². The second kappa shape index (κ2) is 12.5. The zero-order chi connectivity index (χ0) is 25.0. The van der Waals surface area contributed by atoms with Crippen molar-refractivity contribution in [2.75, 3.05) is 24.4 Å². The molecular weight excluding hydrogens is 448 g/mol. The molecule has 0 aliphatic rings. The van der Waals surface area contributed by atoms with Gasteiger partial charge in [-0.15, -0.1) is 0 Å². The summed E-state index contributed by atoms with van der Waals surface area (Å²) in [5, 5.41) is 9.10. The molecule has 0 saturated heterocycles. The minimum atomic E-state index is -0.917. The third-order valence-electron chi connectivity index (χ3n) is 4.84. The summed E-state index contributed by atoms with van der Waals surface area (Å²) in [6, 6.07) is 21.0. The Hall–Kier alpha value is -4.66. The average Bonchev–Trinajstić information content (AvgIpc) is 2.88. The summed E-state index contributed by atoms with van der Waals surface area (Å²) in [5.41, 5.74) is 5.08. The normalized spacial score (nSPS) is 10.5. The average molecular weight is 475 g/mol. The molecule has 0 atom stereocenters. The Morgan fingerprint density at radius 2 is 1.66 bits per heavy atom. The van der Waals surface area contributed by atoms with Gasteiger partial charge in [-0.2, -0.15) is 5.10 Å². The van der Waals surface area contributed by atoms with Crippen LogP contribution in [0.3, 0.4) is 0 Å². The number of hydrogen-bond donors (Lipinski definition) is 3. The fourth-order valence-corrected chi connectivity index (χ4v) is 3.04. The van der Waals surface area contributed by atoms with Crippen molar-refractivity contribution in [3.63, 3.8) is 0 Å². The molecule has 3 N–H and O–H groups in total. The molecule has 0 unspecified atom stereocenters. The Bertz CT molecular complexity index is 1210. The van der Waals surface area contributed by atoms with Crippen molar-refractivity contribution in [1.82, 2.24) is 5.43 Å². The van der Waals surface area contributed by atoms with Crippen LogP contribution in [-0.4, -0.2) is 37.7 Å². The molecule has 3 rings (SSSR count). The number of ether oxygens (including phenoxy) is 2. The van der Waals surface area contributed by atoms with E-state index >= 15 is 0 Å². The number of para-hydroxylation sites is 1. The lowest BCUT2D eigenvalue weighted by Gasteiger charge is -2.10. The molecule has 180 valence electrons. The first-order valence-electron chi connectivity index (χ1n) is 10.9. The standard InChI is InChI=1S/C26H26N4O5/c1-3-19-7-4-5-10-23(19)29-24(31)17-35-21-13-11-18(12-14-21)16-27-30-26(33)25(32)28-20-8-6-9-22(15-20)34-2/h4-16H,3,17H2,1-2H3,(H,28,32)(H,29,31)(H,30,33)/b27-16-. The maximum atomic E-state index is 12.2. The van der Waals surface area contributed by atoms with Gasteiger partial charge in [-0.1, -0.05) is 31.2 Å². The van der Waals surface area contributed by atoms with Crippen molar-refractivity contribution in [1.29, 1.82) is 0 Å². The summed E-state index contributed by atoms with van der Waals surface area (Å²) in [6.07, 6.45) is 2.20. The van der Waals surface area contributed by atoms with E-state index < -0.39 is 11.8 Å². The van der Waals surface area contributed by atoms with Gasteiger partial charge in [0.05, 0.1) is 13.3 Å². The number of hydrogen-bond acceptors (Lipinski definition) is 6. The highest BCUT2D eigenvalue weighted by atomic mass is 16.5. The number of rotatable bonds is 9. The van der Waals surface area contributed by atoms with Crippen LogP contribution in [0.1, 0.15) is 18.1 Å². The number of carbonyl (C=O) groups is 3. The highest BCUT2D eigenvalue weighted by Gasteiger charge is 2.13. The monoisotopic (exact) mass is 474 g/mol. The van der Waals surface area contributed by atoms with Gasteiger partial charge in [-0.3, -0.25) is 14.4 Å². The summed E-state index contributed by atoms with van der Waals surface area (Å²) in [4.78, 5) is 36.1. The number of carbonyl (C=O) groups excluding carboxylic acids is 3. The van der Waals surface area contributed by atoms with E-state index in [2.05, 4.69) is 21.2 Å². The highest BCUT2D eigenvalue weighted by molar-refractivity contribution is 6.39. The van der Waals surface area contributed by atoms with Gasteiger partial charge in [0.15, 0.2) is 6.61 Å². The van der Waals surface area contributed by atoms with Gasteiger partial charge in [0, 0.05) is 17.4 Å². The molecule has 9 heteroatoms. The molecule has 3 aromatic rings. The Morgan fingerprint density at radius 3 is 2.40 bits per heavy atom. The minimum Gasteiger partial charge on any atom is -0.497 e. The highest BCUT2D eigenvalue weighted by Crippen LogP contribution is 2.17. The van der Waals surface area contributed by atoms with Crippen molar-refractivity contribution in [3.05, 3.63) is 83.9 Å². The number of nitrogens with zero attached hydrogens (tertiary/aromatic N) is 1. The van der Waals surface area contributed by atoms with Crippen LogP contribution >= 0.6 is 0 Å². The number of amides is 3. The molecule has 0 aromatic heterocycles. The third-order valence-corrected chi connectivity index (χ3v) is 4.84. The van der Waals surface area contributed by atoms with E-state index in [0.717, 1.165) is 17.7 Å². The maximum absolute atomic E-state index is 12.2. The molecular formula is C26H26N4O5. The van der Waals surface area contributed by atoms with Crippen LogP contribution in [0, 0.1) is 0 Å². The topological polar surface area (TPSA) is 118 Å². The van der Waals surface area contributed by atoms with Crippen LogP contribution < -0.4 is 25.5 Å². The molecule has 0 spiro atoms. The molecule has 0 heterocycles. The summed E-state index contributed by atoms with van der Waals surface area (Å²) < 4.78 is 10.6. The van der Waals surface area contributed by atoms with Gasteiger partial charge in [0.25, 0.3) is 5.91 Å². The molecule has 0 fully saturated rings. The molecule has 3 aromatic carbocycles. The number of benzene rings is 3. The SMILES string of the molecule is CCc1ccccc1NC(=O)COc1ccc(/C=N\NC(=O)C(=O)Nc2cccc(OC)c2)cc1. The van der Waals surface area contributed by atoms with Gasteiger partial charge in [-0.25, -0.2) is 5.43 Å². The van der Waals surface area contributed by atoms with E-state index in [1.807, 2.05) is 31.2 Å². The van der Waals surface area contributed by atoms with Crippen LogP contribution in [0.5, 0.6) is 11.5 Å². The van der Waals surface area contributed by atoms with Crippen molar-refractivity contribution in [2.45, 2.75) is 13.3 Å². The smallest absolute Gasteiger partial charge is 0.329 e. The number of aryl methyl sites for hydroxylation is 1. The largest absolute Gasteiger partial charge is 0.497 e. The first-order chi connectivity index (χ1) is 17.0. The number of anilines is 2. The molecule has 9 nitrogen and oxygen atoms in total. The van der Waals surface area contributed by atoms with E-state index in [1.54, 1.807) is 48.5 Å². The number of hydrazone groups is 1. The fourth-order valence-electron chi connectivity index (χ4n) is 3.04. The third kappa shape index (κ3) is 7.71. The predicted molar refractivity (Wildman–Crippen MR) is 134 cm³/mol. The van der Waals surface area contributed by atoms with Gasteiger partial charge in [0.1, 0.15) is 11.5 Å². The zero-order valence-electron chi connectivity index (χ0n) is 19.4. The fraction of sp³-hybridized carbons (Fsp3) is 0.154. The van der Waals surface area contributed by atoms with Gasteiger partial charge < -0.3 is 20.1 Å². The lowest BCUT2D eigenvalue weighted by molar-refractivity contribution is -0.136. The quantitative estimate of drug-likeness (QED) is 0.250. The van der Waals surface area contributed by atoms with E-state index in [0.29, 0.717) is 22.7 Å². The summed E-state index contributed by atoms with van der Waals surface area (Å²) in [5.74, 6) is -0.982. The van der Waals surface area contributed by atoms with Crippen LogP contribution in [0.4, 0.5) is 11.4 Å². The molecule has 0 saturated carbocycles. The van der Waals surface area contributed by atoms with Gasteiger partial charge >= 0.3 is 11.8 Å². The molecule has 0 radical (unpaired) electrons. The van der Waals surface area contributed by atoms with Crippen LogP contribution in [-0.2, 0) is 20.8 Å². The number of methoxy groups -OCH3 is 1. The zero-order valence-corrected chi connectivity index (χ0v) is 19.4. The van der Waals surface area contributed by atoms with Gasteiger partial charge in [0.2, 0.25) is 0 Å². The lowest BCUT2D eigenvalue weighted by Crippen LogP contribution is -2.32. The van der Waals surface area contributed by atoms with E-state index in [4.69, 9.17) is 9.47 Å². The van der Waals surface area contributed by atoms with Crippen LogP contribution in [0.25, 0.3) is 0 Å². The van der Waals surface area contributed by atoms with E-state index in [-0.39, 0.29) is 12.5 Å².